The van der Waals surface area contributed by atoms with Crippen molar-refractivity contribution in [2.75, 3.05) is 31.6 Å². The SMILES string of the molecule is C[C@H]1[C@H](c2ccccc2)OC(=O)[C@@H]2[C@H](/C=C\CCC(=O)N1C)O[C@@]13C=CCN(c4ccccc4Cl)C(=O)[C@@H]1N(CCCCCCO)C(=O)[C@@H]23. The van der Waals surface area contributed by atoms with E-state index in [1.165, 1.54) is 0 Å². The molecule has 260 valence electrons. The number of anilines is 1. The van der Waals surface area contributed by atoms with Crippen molar-refractivity contribution in [1.82, 2.24) is 9.80 Å². The van der Waals surface area contributed by atoms with Gasteiger partial charge in [0, 0.05) is 33.2 Å². The summed E-state index contributed by atoms with van der Waals surface area (Å²) >= 11 is 6.59. The molecule has 0 aromatic heterocycles. The van der Waals surface area contributed by atoms with Crippen LogP contribution in [0.15, 0.2) is 78.9 Å². The number of fused-ring (bicyclic) bond motifs is 2. The molecular formula is C38H44ClN3O7. The maximum absolute atomic E-state index is 14.7. The molecule has 0 bridgehead atoms. The summed E-state index contributed by atoms with van der Waals surface area (Å²) in [6.45, 7) is 2.42. The van der Waals surface area contributed by atoms with Gasteiger partial charge in [-0.25, -0.2) is 0 Å². The number of allylic oxidation sites excluding steroid dienone is 1. The molecule has 6 rings (SSSR count). The number of cyclic esters (lactones) is 1. The quantitative estimate of drug-likeness (QED) is 0.239. The highest BCUT2D eigenvalue weighted by Gasteiger charge is 2.71. The third kappa shape index (κ3) is 6.54. The maximum atomic E-state index is 14.7. The largest absolute Gasteiger partial charge is 0.455 e. The average molecular weight is 690 g/mol. The van der Waals surface area contributed by atoms with E-state index in [-0.39, 0.29) is 43.8 Å². The number of ether oxygens (including phenoxy) is 2. The highest BCUT2D eigenvalue weighted by Crippen LogP contribution is 2.54. The lowest BCUT2D eigenvalue weighted by Crippen LogP contribution is -2.55. The molecule has 7 atom stereocenters. The van der Waals surface area contributed by atoms with Gasteiger partial charge in [-0.2, -0.15) is 0 Å². The molecule has 0 radical (unpaired) electrons. The fraction of sp³-hybridized carbons (Fsp3) is 0.474. The lowest BCUT2D eigenvalue weighted by atomic mass is 9.77. The Morgan fingerprint density at radius 2 is 1.67 bits per heavy atom. The summed E-state index contributed by atoms with van der Waals surface area (Å²) < 4.78 is 13.2. The minimum atomic E-state index is -1.45. The number of amides is 3. The molecule has 0 unspecified atom stereocenters. The topological polar surface area (TPSA) is 117 Å². The third-order valence-corrected chi connectivity index (χ3v) is 10.7. The van der Waals surface area contributed by atoms with Crippen LogP contribution in [-0.4, -0.2) is 89.1 Å². The molecule has 2 saturated heterocycles. The summed E-state index contributed by atoms with van der Waals surface area (Å²) in [6.07, 6.45) is 8.95. The molecule has 2 aromatic rings. The second-order valence-electron chi connectivity index (χ2n) is 13.3. The molecular weight excluding hydrogens is 646 g/mol. The Morgan fingerprint density at radius 3 is 2.43 bits per heavy atom. The Kier molecular flexibility index (Phi) is 10.6. The standard InChI is InChI=1S/C38H44ClN3O7/c1-25-33(26-15-6-5-7-16-26)48-37(47)31-29(19-10-11-20-30(44)40(25)2)49-38-21-14-23-41(28-18-9-8-17-27(28)39)36(46)34(38)42(35(45)32(31)38)22-12-3-4-13-24-43/h5-10,14-19,21,25,29,31-34,43H,3-4,11-13,20,22-24H2,1-2H3/b19-10-/t25-,29-,31+,32+,33+,34-,38+/m0/s1. The van der Waals surface area contributed by atoms with Gasteiger partial charge in [-0.3, -0.25) is 19.2 Å². The number of carbonyl (C=O) groups is 4. The number of hydrogen-bond donors (Lipinski definition) is 1. The summed E-state index contributed by atoms with van der Waals surface area (Å²) in [5.41, 5.74) is -0.206. The molecule has 11 heteroatoms. The number of nitrogens with zero attached hydrogens (tertiary/aromatic N) is 3. The Morgan fingerprint density at radius 1 is 0.939 bits per heavy atom. The van der Waals surface area contributed by atoms with Crippen molar-refractivity contribution < 1.29 is 33.8 Å². The van der Waals surface area contributed by atoms with Crippen LogP contribution in [-0.2, 0) is 28.7 Å². The van der Waals surface area contributed by atoms with Crippen LogP contribution in [0.25, 0.3) is 0 Å². The van der Waals surface area contributed by atoms with Gasteiger partial charge in [-0.15, -0.1) is 0 Å². The zero-order valence-corrected chi connectivity index (χ0v) is 28.7. The fourth-order valence-electron chi connectivity index (χ4n) is 7.76. The lowest BCUT2D eigenvalue weighted by molar-refractivity contribution is -0.164. The minimum Gasteiger partial charge on any atom is -0.455 e. The smallest absolute Gasteiger partial charge is 0.313 e. The summed E-state index contributed by atoms with van der Waals surface area (Å²) in [5, 5.41) is 9.67. The second kappa shape index (κ2) is 14.9. The number of aliphatic hydroxyl groups excluding tert-OH is 1. The van der Waals surface area contributed by atoms with Gasteiger partial charge >= 0.3 is 5.97 Å². The molecule has 4 aliphatic rings. The first-order valence-corrected chi connectivity index (χ1v) is 17.6. The number of likely N-dealkylation sites (N-methyl/N-ethyl adjacent to an activating group) is 1. The molecule has 2 fully saturated rings. The molecule has 3 amide bonds. The zero-order valence-electron chi connectivity index (χ0n) is 27.9. The molecule has 49 heavy (non-hydrogen) atoms. The van der Waals surface area contributed by atoms with Crippen molar-refractivity contribution in [2.24, 2.45) is 11.8 Å². The van der Waals surface area contributed by atoms with E-state index in [4.69, 9.17) is 21.1 Å². The van der Waals surface area contributed by atoms with Crippen molar-refractivity contribution in [3.05, 3.63) is 89.5 Å². The van der Waals surface area contributed by atoms with Gasteiger partial charge < -0.3 is 29.3 Å². The number of esters is 1. The molecule has 4 heterocycles. The summed E-state index contributed by atoms with van der Waals surface area (Å²) in [6, 6.07) is 14.8. The van der Waals surface area contributed by atoms with E-state index in [9.17, 15) is 24.3 Å². The van der Waals surface area contributed by atoms with E-state index in [0.29, 0.717) is 30.0 Å². The summed E-state index contributed by atoms with van der Waals surface area (Å²) in [4.78, 5) is 61.9. The Balaban J connectivity index is 1.42. The zero-order chi connectivity index (χ0) is 34.7. The highest BCUT2D eigenvalue weighted by molar-refractivity contribution is 6.34. The Hall–Kier alpha value is -3.99. The van der Waals surface area contributed by atoms with Gasteiger partial charge in [0.05, 0.1) is 28.8 Å². The first kappa shape index (κ1) is 34.9. The van der Waals surface area contributed by atoms with Crippen molar-refractivity contribution in [1.29, 1.82) is 0 Å². The first-order chi connectivity index (χ1) is 23.7. The first-order valence-electron chi connectivity index (χ1n) is 17.2. The van der Waals surface area contributed by atoms with E-state index >= 15 is 0 Å². The van der Waals surface area contributed by atoms with Crippen LogP contribution < -0.4 is 4.90 Å². The van der Waals surface area contributed by atoms with Crippen LogP contribution in [0.2, 0.25) is 5.02 Å². The van der Waals surface area contributed by atoms with E-state index in [1.807, 2.05) is 49.4 Å². The number of benzene rings is 2. The van der Waals surface area contributed by atoms with Crippen molar-refractivity contribution in [3.8, 4) is 0 Å². The predicted molar refractivity (Wildman–Crippen MR) is 184 cm³/mol. The van der Waals surface area contributed by atoms with Crippen LogP contribution in [0.5, 0.6) is 0 Å². The summed E-state index contributed by atoms with van der Waals surface area (Å²) in [5.74, 6) is -3.47. The molecule has 4 aliphatic heterocycles. The minimum absolute atomic E-state index is 0.0871. The van der Waals surface area contributed by atoms with E-state index in [2.05, 4.69) is 0 Å². The van der Waals surface area contributed by atoms with Crippen LogP contribution in [0.3, 0.4) is 0 Å². The van der Waals surface area contributed by atoms with E-state index < -0.39 is 47.7 Å². The molecule has 0 aliphatic carbocycles. The number of para-hydroxylation sites is 1. The number of carbonyl (C=O) groups excluding carboxylic acids is 4. The normalized spacial score (nSPS) is 31.0. The Bertz CT molecular complexity index is 1620. The summed E-state index contributed by atoms with van der Waals surface area (Å²) in [7, 11) is 1.71. The Labute approximate surface area is 292 Å². The fourth-order valence-corrected chi connectivity index (χ4v) is 8.00. The highest BCUT2D eigenvalue weighted by atomic mass is 35.5. The molecule has 1 spiro atoms. The number of likely N-dealkylation sites (tertiary alicyclic amines) is 1. The monoisotopic (exact) mass is 689 g/mol. The van der Waals surface area contributed by atoms with Gasteiger partial charge in [0.25, 0.3) is 5.91 Å². The third-order valence-electron chi connectivity index (χ3n) is 10.4. The average Bonchev–Trinajstić information content (AvgIpc) is 3.49. The van der Waals surface area contributed by atoms with Gasteiger partial charge in [-0.05, 0) is 43.9 Å². The number of halogens is 1. The molecule has 1 N–H and O–H groups in total. The number of unbranched alkanes of at least 4 members (excludes halogenated alkanes) is 3. The number of rotatable bonds is 8. The second-order valence-corrected chi connectivity index (χ2v) is 13.7. The van der Waals surface area contributed by atoms with Gasteiger partial charge in [0.15, 0.2) is 0 Å². The molecule has 0 saturated carbocycles. The molecule has 2 aromatic carbocycles. The van der Waals surface area contributed by atoms with E-state index in [0.717, 1.165) is 18.4 Å². The number of aliphatic hydroxyl groups is 1. The van der Waals surface area contributed by atoms with Gasteiger partial charge in [0.2, 0.25) is 11.8 Å². The van der Waals surface area contributed by atoms with Crippen molar-refractivity contribution in [2.45, 2.75) is 75.3 Å². The van der Waals surface area contributed by atoms with Crippen LogP contribution in [0.1, 0.15) is 57.1 Å². The van der Waals surface area contributed by atoms with E-state index in [1.54, 1.807) is 58.2 Å². The van der Waals surface area contributed by atoms with Crippen LogP contribution in [0.4, 0.5) is 5.69 Å². The number of hydrogen-bond acceptors (Lipinski definition) is 7. The van der Waals surface area contributed by atoms with Crippen LogP contribution >= 0.6 is 11.6 Å². The lowest BCUT2D eigenvalue weighted by Gasteiger charge is -2.35. The predicted octanol–water partition coefficient (Wildman–Crippen LogP) is 4.86. The van der Waals surface area contributed by atoms with Crippen molar-refractivity contribution in [3.63, 3.8) is 0 Å². The van der Waals surface area contributed by atoms with Crippen molar-refractivity contribution >= 4 is 41.0 Å². The molecule has 10 nitrogen and oxygen atoms in total. The van der Waals surface area contributed by atoms with Crippen LogP contribution in [0, 0.1) is 11.8 Å². The van der Waals surface area contributed by atoms with Gasteiger partial charge in [0.1, 0.15) is 23.7 Å². The van der Waals surface area contributed by atoms with Gasteiger partial charge in [-0.1, -0.05) is 91.2 Å². The maximum Gasteiger partial charge on any atom is 0.313 e.